The van der Waals surface area contributed by atoms with Crippen molar-refractivity contribution in [1.82, 2.24) is 5.32 Å². The third kappa shape index (κ3) is 7.75. The van der Waals surface area contributed by atoms with Crippen molar-refractivity contribution in [2.45, 2.75) is 61.7 Å². The fourth-order valence-electron chi connectivity index (χ4n) is 5.45. The highest BCUT2D eigenvalue weighted by atomic mass is 32.2. The molecule has 1 saturated heterocycles. The van der Waals surface area contributed by atoms with Gasteiger partial charge in [0.1, 0.15) is 0 Å². The first-order valence-electron chi connectivity index (χ1n) is 14.1. The van der Waals surface area contributed by atoms with Crippen LogP contribution in [0.4, 0.5) is 18.9 Å². The maximum atomic E-state index is 13.1. The number of alkyl halides is 3. The van der Waals surface area contributed by atoms with Crippen molar-refractivity contribution in [2.24, 2.45) is 0 Å². The Bertz CT molecular complexity index is 1540. The monoisotopic (exact) mass is 613 g/mol. The highest BCUT2D eigenvalue weighted by Crippen LogP contribution is 2.36. The van der Waals surface area contributed by atoms with Crippen LogP contribution in [0.1, 0.15) is 71.6 Å². The molecular weight excluding hydrogens is 579 g/mol. The second-order valence-corrected chi connectivity index (χ2v) is 12.9. The summed E-state index contributed by atoms with van der Waals surface area (Å²) in [5.74, 6) is -0.444. The number of piperidine rings is 1. The zero-order valence-electron chi connectivity index (χ0n) is 23.7. The molecule has 7 nitrogen and oxygen atoms in total. The standard InChI is InChI=1S/C32H34F3N3O4S/c1-2-43(41,42)29-17-10-23(11-18-29)30(21-39)37-31(40)24-7-14-28(15-8-24)38-20-25(9-16-27(38)4-3-19-36)22-5-12-26(13-6-22)32(33,34)35/h5-8,10-15,17-18,25,27,30,39H,2-4,9,16,20-21H2,1H3,(H,37,40)/t25?,27-,30+/m1/s1. The highest BCUT2D eigenvalue weighted by Gasteiger charge is 2.32. The minimum absolute atomic E-state index is 0.00705. The summed E-state index contributed by atoms with van der Waals surface area (Å²) in [5, 5.41) is 21.9. The first-order valence-corrected chi connectivity index (χ1v) is 15.8. The molecule has 1 fully saturated rings. The molecule has 0 aromatic heterocycles. The fourth-order valence-corrected chi connectivity index (χ4v) is 6.33. The number of carbonyl (C=O) groups is 1. The number of anilines is 1. The Hall–Kier alpha value is -3.88. The molecule has 3 atom stereocenters. The van der Waals surface area contributed by atoms with Gasteiger partial charge in [-0.1, -0.05) is 31.2 Å². The van der Waals surface area contributed by atoms with Crippen LogP contribution in [0.2, 0.25) is 0 Å². The van der Waals surface area contributed by atoms with Gasteiger partial charge in [-0.3, -0.25) is 4.79 Å². The number of rotatable bonds is 10. The second kappa shape index (κ2) is 13.6. The molecule has 1 unspecified atom stereocenters. The Morgan fingerprint density at radius 1 is 1.05 bits per heavy atom. The lowest BCUT2D eigenvalue weighted by atomic mass is 9.85. The first kappa shape index (κ1) is 32.0. The van der Waals surface area contributed by atoms with Gasteiger partial charge in [0.2, 0.25) is 0 Å². The summed E-state index contributed by atoms with van der Waals surface area (Å²) < 4.78 is 63.3. The van der Waals surface area contributed by atoms with Crippen molar-refractivity contribution >= 4 is 21.4 Å². The molecule has 0 saturated carbocycles. The quantitative estimate of drug-likeness (QED) is 0.290. The average molecular weight is 614 g/mol. The van der Waals surface area contributed by atoms with Crippen LogP contribution in [0, 0.1) is 11.3 Å². The van der Waals surface area contributed by atoms with E-state index in [1.807, 2.05) is 12.1 Å². The van der Waals surface area contributed by atoms with Gasteiger partial charge in [-0.2, -0.15) is 18.4 Å². The minimum atomic E-state index is -4.40. The Balaban J connectivity index is 1.48. The molecule has 0 aliphatic carbocycles. The largest absolute Gasteiger partial charge is 0.416 e. The number of halogens is 3. The zero-order valence-corrected chi connectivity index (χ0v) is 24.5. The lowest BCUT2D eigenvalue weighted by Gasteiger charge is -2.41. The van der Waals surface area contributed by atoms with Gasteiger partial charge in [0.05, 0.1) is 34.9 Å². The molecule has 11 heteroatoms. The molecule has 43 heavy (non-hydrogen) atoms. The van der Waals surface area contributed by atoms with E-state index in [4.69, 9.17) is 5.26 Å². The SMILES string of the molecule is CCS(=O)(=O)c1ccc([C@H](CO)NC(=O)c2ccc(N3CC(c4ccc(C(F)(F)F)cc4)CC[C@H]3CCC#N)cc2)cc1. The number of sulfone groups is 1. The summed E-state index contributed by atoms with van der Waals surface area (Å²) in [6.07, 6.45) is -1.82. The van der Waals surface area contributed by atoms with E-state index in [-0.39, 0.29) is 29.2 Å². The van der Waals surface area contributed by atoms with E-state index in [1.165, 1.54) is 24.3 Å². The predicted molar refractivity (Wildman–Crippen MR) is 157 cm³/mol. The molecule has 1 aliphatic rings. The number of hydrogen-bond acceptors (Lipinski definition) is 6. The normalized spacial score (nSPS) is 18.1. The number of nitrogens with one attached hydrogen (secondary N) is 1. The van der Waals surface area contributed by atoms with Gasteiger partial charge >= 0.3 is 6.18 Å². The molecule has 4 rings (SSSR count). The summed E-state index contributed by atoms with van der Waals surface area (Å²) in [7, 11) is -3.37. The number of nitriles is 1. The maximum Gasteiger partial charge on any atom is 0.416 e. The number of benzene rings is 3. The maximum absolute atomic E-state index is 13.1. The summed E-state index contributed by atoms with van der Waals surface area (Å²) in [6.45, 7) is 1.73. The van der Waals surface area contributed by atoms with Crippen molar-refractivity contribution in [1.29, 1.82) is 5.26 Å². The fraction of sp³-hybridized carbons (Fsp3) is 0.375. The van der Waals surface area contributed by atoms with Crippen LogP contribution < -0.4 is 10.2 Å². The van der Waals surface area contributed by atoms with E-state index in [2.05, 4.69) is 16.3 Å². The molecule has 0 radical (unpaired) electrons. The van der Waals surface area contributed by atoms with Crippen LogP contribution in [0.3, 0.4) is 0 Å². The smallest absolute Gasteiger partial charge is 0.394 e. The van der Waals surface area contributed by atoms with Crippen LogP contribution in [-0.4, -0.2) is 44.4 Å². The molecule has 1 aliphatic heterocycles. The topological polar surface area (TPSA) is 110 Å². The van der Waals surface area contributed by atoms with Crippen LogP contribution >= 0.6 is 0 Å². The molecule has 0 bridgehead atoms. The van der Waals surface area contributed by atoms with Gasteiger partial charge in [0, 0.05) is 36.2 Å². The molecule has 0 spiro atoms. The third-order valence-corrected chi connectivity index (χ3v) is 9.73. The minimum Gasteiger partial charge on any atom is -0.394 e. The summed E-state index contributed by atoms with van der Waals surface area (Å²) in [4.78, 5) is 15.4. The van der Waals surface area contributed by atoms with Crippen LogP contribution in [0.15, 0.2) is 77.7 Å². The number of aliphatic hydroxyl groups is 1. The number of aliphatic hydroxyl groups excluding tert-OH is 1. The van der Waals surface area contributed by atoms with Crippen molar-refractivity contribution in [2.75, 3.05) is 23.8 Å². The van der Waals surface area contributed by atoms with E-state index in [1.54, 1.807) is 31.2 Å². The van der Waals surface area contributed by atoms with Gasteiger partial charge in [-0.05, 0) is 78.9 Å². The number of carbonyl (C=O) groups excluding carboxylic acids is 1. The molecule has 1 heterocycles. The lowest BCUT2D eigenvalue weighted by molar-refractivity contribution is -0.137. The van der Waals surface area contributed by atoms with E-state index < -0.39 is 33.5 Å². The van der Waals surface area contributed by atoms with E-state index in [0.717, 1.165) is 36.2 Å². The number of amides is 1. The molecule has 228 valence electrons. The summed E-state index contributed by atoms with van der Waals surface area (Å²) in [5.41, 5.74) is 1.89. The lowest BCUT2D eigenvalue weighted by Crippen LogP contribution is -2.42. The highest BCUT2D eigenvalue weighted by molar-refractivity contribution is 7.91. The van der Waals surface area contributed by atoms with Crippen LogP contribution in [-0.2, 0) is 16.0 Å². The Morgan fingerprint density at radius 3 is 2.26 bits per heavy atom. The number of hydrogen-bond donors (Lipinski definition) is 2. The van der Waals surface area contributed by atoms with Crippen molar-refractivity contribution < 1.29 is 31.5 Å². The van der Waals surface area contributed by atoms with Gasteiger partial charge in [-0.25, -0.2) is 8.42 Å². The summed E-state index contributed by atoms with van der Waals surface area (Å²) in [6, 6.07) is 19.8. The molecule has 1 amide bonds. The number of nitrogens with zero attached hydrogens (tertiary/aromatic N) is 2. The second-order valence-electron chi connectivity index (χ2n) is 10.6. The van der Waals surface area contributed by atoms with E-state index in [0.29, 0.717) is 30.5 Å². The predicted octanol–water partition coefficient (Wildman–Crippen LogP) is 6.02. The Kier molecular flexibility index (Phi) is 10.1. The Morgan fingerprint density at radius 2 is 1.70 bits per heavy atom. The molecule has 3 aromatic carbocycles. The van der Waals surface area contributed by atoms with Crippen molar-refractivity contribution in [3.05, 3.63) is 95.1 Å². The third-order valence-electron chi connectivity index (χ3n) is 7.98. The van der Waals surface area contributed by atoms with Crippen molar-refractivity contribution in [3.8, 4) is 6.07 Å². The molecule has 3 aromatic rings. The molecular formula is C32H34F3N3O4S. The Labute approximate surface area is 249 Å². The van der Waals surface area contributed by atoms with Crippen molar-refractivity contribution in [3.63, 3.8) is 0 Å². The van der Waals surface area contributed by atoms with Gasteiger partial charge in [0.15, 0.2) is 9.84 Å². The van der Waals surface area contributed by atoms with Crippen LogP contribution in [0.5, 0.6) is 0 Å². The van der Waals surface area contributed by atoms with Gasteiger partial charge < -0.3 is 15.3 Å². The van der Waals surface area contributed by atoms with E-state index in [9.17, 15) is 31.5 Å². The first-order chi connectivity index (χ1) is 20.5. The van der Waals surface area contributed by atoms with Gasteiger partial charge in [0.25, 0.3) is 5.91 Å². The van der Waals surface area contributed by atoms with E-state index >= 15 is 0 Å². The van der Waals surface area contributed by atoms with Crippen LogP contribution in [0.25, 0.3) is 0 Å². The molecule has 2 N–H and O–H groups in total. The zero-order chi connectivity index (χ0) is 31.2. The van der Waals surface area contributed by atoms with Gasteiger partial charge in [-0.15, -0.1) is 0 Å². The average Bonchev–Trinajstić information content (AvgIpc) is 3.02. The summed E-state index contributed by atoms with van der Waals surface area (Å²) >= 11 is 0.